The SMILES string of the molecule is [C-]#[N+]c1c(C(=O)OCC)sc2ccccc12. The van der Waals surface area contributed by atoms with Crippen LogP contribution in [-0.4, -0.2) is 12.6 Å². The van der Waals surface area contributed by atoms with Gasteiger partial charge in [-0.05, 0) is 18.4 Å². The van der Waals surface area contributed by atoms with Crippen LogP contribution in [0, 0.1) is 6.57 Å². The van der Waals surface area contributed by atoms with Crippen LogP contribution in [0.3, 0.4) is 0 Å². The number of benzene rings is 1. The number of carbonyl (C=O) groups excluding carboxylic acids is 1. The Bertz CT molecular complexity index is 580. The number of carbonyl (C=O) groups is 1. The number of hydrogen-bond acceptors (Lipinski definition) is 3. The lowest BCUT2D eigenvalue weighted by Gasteiger charge is -1.98. The Labute approximate surface area is 97.1 Å². The lowest BCUT2D eigenvalue weighted by Crippen LogP contribution is -2.01. The molecule has 0 aliphatic carbocycles. The van der Waals surface area contributed by atoms with Crippen LogP contribution in [-0.2, 0) is 4.74 Å². The molecule has 0 aliphatic rings. The minimum atomic E-state index is -0.408. The molecule has 2 aromatic rings. The van der Waals surface area contributed by atoms with Crippen molar-refractivity contribution in [2.24, 2.45) is 0 Å². The molecule has 0 atom stereocenters. The Kier molecular flexibility index (Phi) is 2.88. The van der Waals surface area contributed by atoms with Crippen LogP contribution in [0.15, 0.2) is 24.3 Å². The topological polar surface area (TPSA) is 30.7 Å². The zero-order valence-corrected chi connectivity index (χ0v) is 9.50. The largest absolute Gasteiger partial charge is 0.463 e. The van der Waals surface area contributed by atoms with E-state index in [1.807, 2.05) is 24.3 Å². The number of rotatable bonds is 2. The number of ether oxygens (including phenoxy) is 1. The van der Waals surface area contributed by atoms with Gasteiger partial charge in [0.2, 0.25) is 5.69 Å². The first-order chi connectivity index (χ1) is 7.77. The molecule has 1 heterocycles. The van der Waals surface area contributed by atoms with Crippen molar-refractivity contribution in [2.45, 2.75) is 6.92 Å². The third kappa shape index (κ3) is 1.66. The quantitative estimate of drug-likeness (QED) is 0.583. The summed E-state index contributed by atoms with van der Waals surface area (Å²) in [6.07, 6.45) is 0. The molecule has 80 valence electrons. The van der Waals surface area contributed by atoms with Crippen molar-refractivity contribution in [3.8, 4) is 0 Å². The molecule has 4 heteroatoms. The predicted octanol–water partition coefficient (Wildman–Crippen LogP) is 3.63. The van der Waals surface area contributed by atoms with Crippen LogP contribution in [0.1, 0.15) is 16.6 Å². The fraction of sp³-hybridized carbons (Fsp3) is 0.167. The van der Waals surface area contributed by atoms with Gasteiger partial charge in [0, 0.05) is 4.70 Å². The standard InChI is InChI=1S/C12H9NO2S/c1-3-15-12(14)11-10(13-2)8-6-4-5-7-9(8)16-11/h4-7H,3H2,1H3. The van der Waals surface area contributed by atoms with Crippen molar-refractivity contribution in [1.82, 2.24) is 0 Å². The first-order valence-electron chi connectivity index (χ1n) is 4.84. The molecule has 3 nitrogen and oxygen atoms in total. The van der Waals surface area contributed by atoms with Gasteiger partial charge >= 0.3 is 5.97 Å². The second-order valence-corrected chi connectivity index (χ2v) is 4.16. The molecule has 1 aromatic carbocycles. The number of thiophene rings is 1. The van der Waals surface area contributed by atoms with Crippen molar-refractivity contribution in [3.63, 3.8) is 0 Å². The summed E-state index contributed by atoms with van der Waals surface area (Å²) in [5, 5.41) is 0.825. The predicted molar refractivity (Wildman–Crippen MR) is 64.0 cm³/mol. The molecule has 2 rings (SSSR count). The van der Waals surface area contributed by atoms with Gasteiger partial charge in [0.25, 0.3) is 0 Å². The van der Waals surface area contributed by atoms with Crippen molar-refractivity contribution in [1.29, 1.82) is 0 Å². The first kappa shape index (κ1) is 10.7. The monoisotopic (exact) mass is 231 g/mol. The Morgan fingerprint density at radius 2 is 2.25 bits per heavy atom. The minimum Gasteiger partial charge on any atom is -0.463 e. The van der Waals surface area contributed by atoms with Crippen LogP contribution in [0.2, 0.25) is 0 Å². The summed E-state index contributed by atoms with van der Waals surface area (Å²) in [6.45, 7) is 9.21. The van der Waals surface area contributed by atoms with Crippen molar-refractivity contribution < 1.29 is 9.53 Å². The highest BCUT2D eigenvalue weighted by Gasteiger charge is 2.18. The average molecular weight is 231 g/mol. The smallest absolute Gasteiger partial charge is 0.337 e. The lowest BCUT2D eigenvalue weighted by molar-refractivity contribution is 0.0533. The maximum Gasteiger partial charge on any atom is 0.337 e. The maximum atomic E-state index is 11.6. The van der Waals surface area contributed by atoms with E-state index in [0.29, 0.717) is 17.2 Å². The second-order valence-electron chi connectivity index (χ2n) is 3.11. The molecule has 0 amide bonds. The fourth-order valence-electron chi connectivity index (χ4n) is 1.48. The van der Waals surface area contributed by atoms with Crippen molar-refractivity contribution in [2.75, 3.05) is 6.61 Å². The molecule has 0 bridgehead atoms. The highest BCUT2D eigenvalue weighted by atomic mass is 32.1. The van der Waals surface area contributed by atoms with Gasteiger partial charge < -0.3 is 4.74 Å². The Hall–Kier alpha value is -1.86. The van der Waals surface area contributed by atoms with Crippen LogP contribution < -0.4 is 0 Å². The summed E-state index contributed by atoms with van der Waals surface area (Å²) in [6, 6.07) is 7.50. The van der Waals surface area contributed by atoms with Gasteiger partial charge in [-0.2, -0.15) is 0 Å². The summed E-state index contributed by atoms with van der Waals surface area (Å²) in [5.74, 6) is -0.408. The summed E-state index contributed by atoms with van der Waals surface area (Å²) in [5.41, 5.74) is 0.402. The zero-order valence-electron chi connectivity index (χ0n) is 8.69. The molecule has 0 unspecified atom stereocenters. The Morgan fingerprint density at radius 3 is 2.94 bits per heavy atom. The average Bonchev–Trinajstić information content (AvgIpc) is 2.67. The molecule has 0 aliphatic heterocycles. The van der Waals surface area contributed by atoms with Crippen molar-refractivity contribution in [3.05, 3.63) is 40.6 Å². The maximum absolute atomic E-state index is 11.6. The molecule has 0 saturated carbocycles. The van der Waals surface area contributed by atoms with Crippen LogP contribution in [0.5, 0.6) is 0 Å². The van der Waals surface area contributed by atoms with E-state index in [9.17, 15) is 4.79 Å². The van der Waals surface area contributed by atoms with Crippen LogP contribution in [0.4, 0.5) is 5.69 Å². The normalized spacial score (nSPS) is 10.0. The van der Waals surface area contributed by atoms with Gasteiger partial charge in [-0.25, -0.2) is 9.64 Å². The molecule has 0 saturated heterocycles. The summed E-state index contributed by atoms with van der Waals surface area (Å²) in [4.78, 5) is 15.5. The number of fused-ring (bicyclic) bond motifs is 1. The van der Waals surface area contributed by atoms with Gasteiger partial charge in [0.1, 0.15) is 4.88 Å². The van der Waals surface area contributed by atoms with E-state index in [2.05, 4.69) is 4.85 Å². The van der Waals surface area contributed by atoms with E-state index < -0.39 is 5.97 Å². The highest BCUT2D eigenvalue weighted by Crippen LogP contribution is 2.38. The van der Waals surface area contributed by atoms with E-state index in [1.165, 1.54) is 11.3 Å². The zero-order chi connectivity index (χ0) is 11.5. The van der Waals surface area contributed by atoms with Gasteiger partial charge in [-0.1, -0.05) is 18.2 Å². The summed E-state index contributed by atoms with van der Waals surface area (Å²) < 4.78 is 5.87. The van der Waals surface area contributed by atoms with E-state index >= 15 is 0 Å². The van der Waals surface area contributed by atoms with Gasteiger partial charge in [-0.15, -0.1) is 11.3 Å². The number of esters is 1. The molecule has 16 heavy (non-hydrogen) atoms. The Morgan fingerprint density at radius 1 is 1.50 bits per heavy atom. The van der Waals surface area contributed by atoms with Gasteiger partial charge in [0.05, 0.1) is 13.2 Å². The minimum absolute atomic E-state index is 0.324. The molecule has 1 aromatic heterocycles. The number of hydrogen-bond donors (Lipinski definition) is 0. The lowest BCUT2D eigenvalue weighted by atomic mass is 10.2. The van der Waals surface area contributed by atoms with E-state index in [4.69, 9.17) is 11.3 Å². The third-order valence-electron chi connectivity index (χ3n) is 2.14. The van der Waals surface area contributed by atoms with Crippen LogP contribution >= 0.6 is 11.3 Å². The van der Waals surface area contributed by atoms with E-state index in [0.717, 1.165) is 10.1 Å². The Balaban J connectivity index is 2.62. The highest BCUT2D eigenvalue weighted by molar-refractivity contribution is 7.21. The molecular weight excluding hydrogens is 222 g/mol. The summed E-state index contributed by atoms with van der Waals surface area (Å²) >= 11 is 1.31. The molecule has 0 radical (unpaired) electrons. The first-order valence-corrected chi connectivity index (χ1v) is 5.65. The van der Waals surface area contributed by atoms with E-state index in [1.54, 1.807) is 6.92 Å². The van der Waals surface area contributed by atoms with E-state index in [-0.39, 0.29) is 0 Å². The molecular formula is C12H9NO2S. The molecule has 0 N–H and O–H groups in total. The fourth-order valence-corrected chi connectivity index (χ4v) is 2.51. The van der Waals surface area contributed by atoms with Gasteiger partial charge in [0.15, 0.2) is 0 Å². The number of nitrogens with zero attached hydrogens (tertiary/aromatic N) is 1. The third-order valence-corrected chi connectivity index (χ3v) is 3.28. The van der Waals surface area contributed by atoms with Crippen molar-refractivity contribution >= 4 is 33.1 Å². The molecule has 0 spiro atoms. The van der Waals surface area contributed by atoms with Gasteiger partial charge in [-0.3, -0.25) is 0 Å². The molecule has 0 fully saturated rings. The van der Waals surface area contributed by atoms with Crippen LogP contribution in [0.25, 0.3) is 14.9 Å². The second kappa shape index (κ2) is 4.33. The summed E-state index contributed by atoms with van der Waals surface area (Å²) in [7, 11) is 0.